The molecule has 6 heteroatoms. The highest BCUT2D eigenvalue weighted by atomic mass is 35.5. The number of aromatic nitrogens is 1. The lowest BCUT2D eigenvalue weighted by Crippen LogP contribution is -2.45. The van der Waals surface area contributed by atoms with Crippen molar-refractivity contribution in [1.29, 1.82) is 0 Å². The number of carbonyl (C=O) groups excluding carboxylic acids is 1. The van der Waals surface area contributed by atoms with Crippen molar-refractivity contribution in [3.63, 3.8) is 0 Å². The maximum atomic E-state index is 12.6. The summed E-state index contributed by atoms with van der Waals surface area (Å²) in [6, 6.07) is 9.68. The first-order valence-corrected chi connectivity index (χ1v) is 6.64. The number of likely N-dealkylation sites (tertiary alicyclic amines) is 1. The highest BCUT2D eigenvalue weighted by Gasteiger charge is 2.23. The highest BCUT2D eigenvalue weighted by molar-refractivity contribution is 6.05. The minimum absolute atomic E-state index is 0. The van der Waals surface area contributed by atoms with E-state index in [-0.39, 0.29) is 36.8 Å². The van der Waals surface area contributed by atoms with Gasteiger partial charge in [0.1, 0.15) is 0 Å². The summed E-state index contributed by atoms with van der Waals surface area (Å²) >= 11 is 0. The molecule has 114 valence electrons. The van der Waals surface area contributed by atoms with Gasteiger partial charge in [0.15, 0.2) is 0 Å². The van der Waals surface area contributed by atoms with E-state index in [1.807, 2.05) is 35.2 Å². The third-order valence-electron chi connectivity index (χ3n) is 3.61. The smallest absolute Gasteiger partial charge is 0.256 e. The molecule has 4 nitrogen and oxygen atoms in total. The van der Waals surface area contributed by atoms with Crippen LogP contribution in [0, 0.1) is 0 Å². The van der Waals surface area contributed by atoms with E-state index in [2.05, 4.69) is 4.98 Å². The van der Waals surface area contributed by atoms with Crippen LogP contribution in [0.2, 0.25) is 0 Å². The average molecular weight is 328 g/mol. The predicted molar refractivity (Wildman–Crippen MR) is 89.4 cm³/mol. The van der Waals surface area contributed by atoms with Gasteiger partial charge in [-0.1, -0.05) is 18.2 Å². The van der Waals surface area contributed by atoms with Crippen LogP contribution in [0.25, 0.3) is 10.9 Å². The fourth-order valence-electron chi connectivity index (χ4n) is 2.64. The standard InChI is InChI=1S/C15H17N3O.2ClH/c16-12-6-3-9-18(10-12)15(19)13-7-1-4-11-5-2-8-17-14(11)13;;/h1-2,4-5,7-8,12H,3,6,9-10,16H2;2*1H/t12-;;/m1../s1. The normalized spacial score (nSPS) is 17.8. The molecule has 0 unspecified atom stereocenters. The average Bonchev–Trinajstić information content (AvgIpc) is 2.46. The fraction of sp³-hybridized carbons (Fsp3) is 0.333. The Bertz CT molecular complexity index is 615. The number of hydrogen-bond acceptors (Lipinski definition) is 3. The van der Waals surface area contributed by atoms with Crippen LogP contribution in [0.3, 0.4) is 0 Å². The number of para-hydroxylation sites is 1. The van der Waals surface area contributed by atoms with Crippen LogP contribution in [0.4, 0.5) is 0 Å². The minimum atomic E-state index is 0. The summed E-state index contributed by atoms with van der Waals surface area (Å²) in [4.78, 5) is 18.8. The number of pyridine rings is 1. The third kappa shape index (κ3) is 3.64. The lowest BCUT2D eigenvalue weighted by Gasteiger charge is -2.31. The Kier molecular flexibility index (Phi) is 6.40. The van der Waals surface area contributed by atoms with Crippen LogP contribution in [0.1, 0.15) is 23.2 Å². The van der Waals surface area contributed by atoms with Gasteiger partial charge in [0.25, 0.3) is 5.91 Å². The predicted octanol–water partition coefficient (Wildman–Crippen LogP) is 2.64. The molecule has 2 aromatic rings. The largest absolute Gasteiger partial charge is 0.337 e. The molecule has 1 saturated heterocycles. The Morgan fingerprint density at radius 1 is 1.24 bits per heavy atom. The number of nitrogens with zero attached hydrogens (tertiary/aromatic N) is 2. The van der Waals surface area contributed by atoms with Crippen LogP contribution in [-0.4, -0.2) is 34.9 Å². The molecule has 21 heavy (non-hydrogen) atoms. The zero-order valence-electron chi connectivity index (χ0n) is 11.6. The molecule has 1 aliphatic rings. The van der Waals surface area contributed by atoms with Crippen LogP contribution in [0.15, 0.2) is 36.5 Å². The highest BCUT2D eigenvalue weighted by Crippen LogP contribution is 2.19. The van der Waals surface area contributed by atoms with E-state index in [4.69, 9.17) is 5.73 Å². The van der Waals surface area contributed by atoms with E-state index in [0.717, 1.165) is 30.3 Å². The maximum absolute atomic E-state index is 12.6. The molecule has 1 aromatic heterocycles. The van der Waals surface area contributed by atoms with E-state index in [9.17, 15) is 4.79 Å². The van der Waals surface area contributed by atoms with Crippen molar-refractivity contribution in [2.24, 2.45) is 5.73 Å². The van der Waals surface area contributed by atoms with E-state index in [1.54, 1.807) is 6.20 Å². The van der Waals surface area contributed by atoms with E-state index < -0.39 is 0 Å². The van der Waals surface area contributed by atoms with Crippen molar-refractivity contribution in [3.8, 4) is 0 Å². The number of hydrogen-bond donors (Lipinski definition) is 1. The number of benzene rings is 1. The van der Waals surface area contributed by atoms with Gasteiger partial charge < -0.3 is 10.6 Å². The van der Waals surface area contributed by atoms with Crippen molar-refractivity contribution >= 4 is 41.6 Å². The molecule has 1 aliphatic heterocycles. The number of rotatable bonds is 1. The molecule has 2 N–H and O–H groups in total. The van der Waals surface area contributed by atoms with Crippen molar-refractivity contribution in [3.05, 3.63) is 42.1 Å². The zero-order valence-corrected chi connectivity index (χ0v) is 13.2. The Balaban J connectivity index is 0.00000110. The molecule has 1 atom stereocenters. The zero-order chi connectivity index (χ0) is 13.2. The van der Waals surface area contributed by atoms with Gasteiger partial charge in [-0.2, -0.15) is 0 Å². The molecule has 0 radical (unpaired) electrons. The number of piperidine rings is 1. The lowest BCUT2D eigenvalue weighted by atomic mass is 10.0. The van der Waals surface area contributed by atoms with Gasteiger partial charge >= 0.3 is 0 Å². The quantitative estimate of drug-likeness (QED) is 0.875. The SMILES string of the molecule is Cl.Cl.N[C@@H]1CCCN(C(=O)c2cccc3cccnc23)C1. The van der Waals surface area contributed by atoms with Gasteiger partial charge in [0, 0.05) is 30.7 Å². The minimum Gasteiger partial charge on any atom is -0.337 e. The molecule has 0 bridgehead atoms. The molecule has 0 aliphatic carbocycles. The number of fused-ring (bicyclic) bond motifs is 1. The van der Waals surface area contributed by atoms with Gasteiger partial charge in [-0.05, 0) is 25.0 Å². The Morgan fingerprint density at radius 3 is 2.76 bits per heavy atom. The maximum Gasteiger partial charge on any atom is 0.256 e. The fourth-order valence-corrected chi connectivity index (χ4v) is 2.64. The Morgan fingerprint density at radius 2 is 2.00 bits per heavy atom. The van der Waals surface area contributed by atoms with E-state index >= 15 is 0 Å². The van der Waals surface area contributed by atoms with Gasteiger partial charge in [-0.25, -0.2) is 0 Å². The molecule has 0 saturated carbocycles. The van der Waals surface area contributed by atoms with Crippen molar-refractivity contribution in [2.45, 2.75) is 18.9 Å². The summed E-state index contributed by atoms with van der Waals surface area (Å²) in [7, 11) is 0. The first-order chi connectivity index (χ1) is 9.25. The van der Waals surface area contributed by atoms with Crippen LogP contribution in [0.5, 0.6) is 0 Å². The van der Waals surface area contributed by atoms with Gasteiger partial charge in [-0.15, -0.1) is 24.8 Å². The van der Waals surface area contributed by atoms with Crippen LogP contribution in [-0.2, 0) is 0 Å². The summed E-state index contributed by atoms with van der Waals surface area (Å²) in [6.07, 6.45) is 3.70. The molecule has 1 amide bonds. The van der Waals surface area contributed by atoms with Crippen LogP contribution >= 0.6 is 24.8 Å². The van der Waals surface area contributed by atoms with Crippen molar-refractivity contribution < 1.29 is 4.79 Å². The first-order valence-electron chi connectivity index (χ1n) is 6.64. The molecule has 2 heterocycles. The molecular weight excluding hydrogens is 309 g/mol. The molecule has 1 aromatic carbocycles. The van der Waals surface area contributed by atoms with Gasteiger partial charge in [-0.3, -0.25) is 9.78 Å². The number of carbonyl (C=O) groups is 1. The number of halogens is 2. The summed E-state index contributed by atoms with van der Waals surface area (Å²) in [5.74, 6) is 0.0412. The van der Waals surface area contributed by atoms with Crippen molar-refractivity contribution in [2.75, 3.05) is 13.1 Å². The topological polar surface area (TPSA) is 59.2 Å². The van der Waals surface area contributed by atoms with E-state index in [0.29, 0.717) is 12.1 Å². The second-order valence-corrected chi connectivity index (χ2v) is 5.03. The third-order valence-corrected chi connectivity index (χ3v) is 3.61. The van der Waals surface area contributed by atoms with Crippen molar-refractivity contribution in [1.82, 2.24) is 9.88 Å². The van der Waals surface area contributed by atoms with Gasteiger partial charge in [0.05, 0.1) is 11.1 Å². The summed E-state index contributed by atoms with van der Waals surface area (Å²) in [6.45, 7) is 1.43. The second-order valence-electron chi connectivity index (χ2n) is 5.03. The van der Waals surface area contributed by atoms with E-state index in [1.165, 1.54) is 0 Å². The first kappa shape index (κ1) is 17.7. The Hall–Kier alpha value is -1.36. The summed E-state index contributed by atoms with van der Waals surface area (Å²) in [5, 5.41) is 0.995. The lowest BCUT2D eigenvalue weighted by molar-refractivity contribution is 0.0710. The monoisotopic (exact) mass is 327 g/mol. The molecular formula is C15H19Cl2N3O. The van der Waals surface area contributed by atoms with Gasteiger partial charge in [0.2, 0.25) is 0 Å². The van der Waals surface area contributed by atoms with Crippen LogP contribution < -0.4 is 5.73 Å². The molecule has 0 spiro atoms. The number of amides is 1. The Labute approximate surface area is 136 Å². The molecule has 3 rings (SSSR count). The molecule has 1 fully saturated rings. The second kappa shape index (κ2) is 7.59. The summed E-state index contributed by atoms with van der Waals surface area (Å²) in [5.41, 5.74) is 7.39. The summed E-state index contributed by atoms with van der Waals surface area (Å²) < 4.78 is 0. The number of nitrogens with two attached hydrogens (primary N) is 1.